The smallest absolute Gasteiger partial charge is 0.335 e. The van der Waals surface area contributed by atoms with Gasteiger partial charge in [0.1, 0.15) is 11.5 Å². The van der Waals surface area contributed by atoms with Crippen LogP contribution in [0.2, 0.25) is 0 Å². The van der Waals surface area contributed by atoms with Gasteiger partial charge in [-0.05, 0) is 47.9 Å². The Labute approximate surface area is 146 Å². The lowest BCUT2D eigenvalue weighted by Crippen LogP contribution is -2.27. The van der Waals surface area contributed by atoms with Crippen molar-refractivity contribution in [2.45, 2.75) is 12.8 Å². The predicted molar refractivity (Wildman–Crippen MR) is 93.4 cm³/mol. The number of hydrogen-bond donors (Lipinski definition) is 2. The Morgan fingerprint density at radius 2 is 1.88 bits per heavy atom. The van der Waals surface area contributed by atoms with Crippen molar-refractivity contribution in [1.82, 2.24) is 5.32 Å². The molecule has 2 aromatic carbocycles. The van der Waals surface area contributed by atoms with Crippen molar-refractivity contribution >= 4 is 11.9 Å². The summed E-state index contributed by atoms with van der Waals surface area (Å²) in [4.78, 5) is 23.0. The summed E-state index contributed by atoms with van der Waals surface area (Å²) < 4.78 is 10.5. The van der Waals surface area contributed by atoms with Gasteiger partial charge in [-0.2, -0.15) is 0 Å². The Balaban J connectivity index is 1.90. The molecule has 2 N–H and O–H groups in total. The molecule has 0 aliphatic rings. The number of benzene rings is 2. The maximum Gasteiger partial charge on any atom is 0.335 e. The van der Waals surface area contributed by atoms with Crippen molar-refractivity contribution in [3.05, 3.63) is 59.2 Å². The van der Waals surface area contributed by atoms with Gasteiger partial charge in [0.15, 0.2) is 0 Å². The molecule has 0 aliphatic carbocycles. The lowest BCUT2D eigenvalue weighted by atomic mass is 10.1. The Morgan fingerprint density at radius 3 is 2.56 bits per heavy atom. The van der Waals surface area contributed by atoms with E-state index in [0.29, 0.717) is 18.5 Å². The number of carbonyl (C=O) groups is 2. The van der Waals surface area contributed by atoms with Gasteiger partial charge in [0.25, 0.3) is 0 Å². The van der Waals surface area contributed by atoms with E-state index >= 15 is 0 Å². The minimum Gasteiger partial charge on any atom is -0.497 e. The van der Waals surface area contributed by atoms with E-state index in [9.17, 15) is 9.59 Å². The van der Waals surface area contributed by atoms with Crippen LogP contribution in [0.25, 0.3) is 0 Å². The maximum absolute atomic E-state index is 12.0. The average Bonchev–Trinajstić information content (AvgIpc) is 2.61. The van der Waals surface area contributed by atoms with E-state index in [-0.39, 0.29) is 17.9 Å². The highest BCUT2D eigenvalue weighted by molar-refractivity contribution is 5.88. The molecule has 6 heteroatoms. The summed E-state index contributed by atoms with van der Waals surface area (Å²) in [7, 11) is 3.19. The third-order valence-corrected chi connectivity index (χ3v) is 3.74. The Bertz CT molecular complexity index is 757. The summed E-state index contributed by atoms with van der Waals surface area (Å²) in [5, 5.41) is 11.8. The third kappa shape index (κ3) is 5.24. The van der Waals surface area contributed by atoms with Crippen LogP contribution in [-0.4, -0.2) is 37.7 Å². The topological polar surface area (TPSA) is 84.9 Å². The molecule has 0 radical (unpaired) electrons. The van der Waals surface area contributed by atoms with E-state index in [1.54, 1.807) is 26.4 Å². The number of ether oxygens (including phenoxy) is 2. The lowest BCUT2D eigenvalue weighted by molar-refractivity contribution is -0.120. The molecule has 25 heavy (non-hydrogen) atoms. The molecule has 6 nitrogen and oxygen atoms in total. The third-order valence-electron chi connectivity index (χ3n) is 3.74. The molecule has 0 fully saturated rings. The number of carbonyl (C=O) groups excluding carboxylic acids is 1. The van der Waals surface area contributed by atoms with Gasteiger partial charge in [0.05, 0.1) is 26.2 Å². The molecular weight excluding hydrogens is 322 g/mol. The molecule has 1 amide bonds. The van der Waals surface area contributed by atoms with Crippen LogP contribution in [0.3, 0.4) is 0 Å². The van der Waals surface area contributed by atoms with Crippen LogP contribution in [0.5, 0.6) is 11.5 Å². The highest BCUT2D eigenvalue weighted by Crippen LogP contribution is 2.24. The number of hydrogen-bond acceptors (Lipinski definition) is 4. The van der Waals surface area contributed by atoms with Crippen LogP contribution in [0.15, 0.2) is 42.5 Å². The fourth-order valence-corrected chi connectivity index (χ4v) is 2.48. The van der Waals surface area contributed by atoms with Crippen molar-refractivity contribution in [3.63, 3.8) is 0 Å². The summed E-state index contributed by atoms with van der Waals surface area (Å²) >= 11 is 0. The van der Waals surface area contributed by atoms with Gasteiger partial charge in [-0.25, -0.2) is 4.79 Å². The highest BCUT2D eigenvalue weighted by atomic mass is 16.5. The minimum absolute atomic E-state index is 0.135. The number of carboxylic acids is 1. The highest BCUT2D eigenvalue weighted by Gasteiger charge is 2.09. The molecule has 0 spiro atoms. The van der Waals surface area contributed by atoms with Crippen molar-refractivity contribution in [2.75, 3.05) is 20.8 Å². The Kier molecular flexibility index (Phi) is 6.39. The van der Waals surface area contributed by atoms with Gasteiger partial charge in [-0.3, -0.25) is 4.79 Å². The summed E-state index contributed by atoms with van der Waals surface area (Å²) in [6, 6.07) is 11.9. The van der Waals surface area contributed by atoms with Gasteiger partial charge < -0.3 is 19.9 Å². The molecule has 2 aromatic rings. The van der Waals surface area contributed by atoms with E-state index in [1.807, 2.05) is 18.2 Å². The summed E-state index contributed by atoms with van der Waals surface area (Å²) in [5.41, 5.74) is 1.78. The Morgan fingerprint density at radius 1 is 1.08 bits per heavy atom. The summed E-state index contributed by atoms with van der Waals surface area (Å²) in [5.74, 6) is 0.300. The largest absolute Gasteiger partial charge is 0.497 e. The van der Waals surface area contributed by atoms with E-state index in [2.05, 4.69) is 5.32 Å². The van der Waals surface area contributed by atoms with Crippen LogP contribution in [-0.2, 0) is 17.6 Å². The summed E-state index contributed by atoms with van der Waals surface area (Å²) in [6.07, 6.45) is 0.734. The first-order valence-corrected chi connectivity index (χ1v) is 7.83. The molecule has 0 saturated carbocycles. The van der Waals surface area contributed by atoms with Crippen molar-refractivity contribution in [1.29, 1.82) is 0 Å². The average molecular weight is 343 g/mol. The second kappa shape index (κ2) is 8.73. The van der Waals surface area contributed by atoms with Gasteiger partial charge in [-0.15, -0.1) is 0 Å². The zero-order chi connectivity index (χ0) is 18.2. The number of amides is 1. The van der Waals surface area contributed by atoms with Gasteiger partial charge in [0, 0.05) is 6.54 Å². The van der Waals surface area contributed by atoms with E-state index in [1.165, 1.54) is 12.1 Å². The first-order chi connectivity index (χ1) is 12.0. The van der Waals surface area contributed by atoms with E-state index in [4.69, 9.17) is 14.6 Å². The van der Waals surface area contributed by atoms with Crippen LogP contribution >= 0.6 is 0 Å². The van der Waals surface area contributed by atoms with E-state index in [0.717, 1.165) is 17.1 Å². The second-order valence-corrected chi connectivity index (χ2v) is 5.46. The van der Waals surface area contributed by atoms with Crippen LogP contribution in [0.1, 0.15) is 21.5 Å². The fourth-order valence-electron chi connectivity index (χ4n) is 2.48. The molecule has 2 rings (SSSR count). The molecule has 0 aliphatic heterocycles. The van der Waals surface area contributed by atoms with Crippen LogP contribution in [0, 0.1) is 0 Å². The monoisotopic (exact) mass is 343 g/mol. The predicted octanol–water partition coefficient (Wildman–Crippen LogP) is 2.30. The van der Waals surface area contributed by atoms with Crippen LogP contribution < -0.4 is 14.8 Å². The number of nitrogens with one attached hydrogen (secondary N) is 1. The van der Waals surface area contributed by atoms with Crippen molar-refractivity contribution in [2.24, 2.45) is 0 Å². The van der Waals surface area contributed by atoms with Crippen molar-refractivity contribution < 1.29 is 24.2 Å². The first kappa shape index (κ1) is 18.3. The first-order valence-electron chi connectivity index (χ1n) is 7.83. The molecule has 0 heterocycles. The molecule has 0 aromatic heterocycles. The SMILES string of the molecule is COc1ccc(OC)c(CCNC(=O)Cc2cccc(C(=O)O)c2)c1. The number of rotatable bonds is 8. The molecular formula is C19H21NO5. The van der Waals surface area contributed by atoms with Crippen LogP contribution in [0.4, 0.5) is 0 Å². The fraction of sp³-hybridized carbons (Fsp3) is 0.263. The normalized spacial score (nSPS) is 10.2. The van der Waals surface area contributed by atoms with Gasteiger partial charge in [0.2, 0.25) is 5.91 Å². The number of methoxy groups -OCH3 is 2. The summed E-state index contributed by atoms with van der Waals surface area (Å²) in [6.45, 7) is 0.445. The zero-order valence-electron chi connectivity index (χ0n) is 14.2. The number of aromatic carboxylic acids is 1. The van der Waals surface area contributed by atoms with Crippen molar-refractivity contribution in [3.8, 4) is 11.5 Å². The Hall–Kier alpha value is -3.02. The van der Waals surface area contributed by atoms with Gasteiger partial charge in [-0.1, -0.05) is 12.1 Å². The standard InChI is InChI=1S/C19H21NO5/c1-24-16-6-7-17(25-2)14(12-16)8-9-20-18(21)11-13-4-3-5-15(10-13)19(22)23/h3-7,10,12H,8-9,11H2,1-2H3,(H,20,21)(H,22,23). The van der Waals surface area contributed by atoms with E-state index < -0.39 is 5.97 Å². The quantitative estimate of drug-likeness (QED) is 0.768. The number of carboxylic acid groups (broad SMARTS) is 1. The molecule has 0 saturated heterocycles. The molecule has 0 bridgehead atoms. The molecule has 0 atom stereocenters. The maximum atomic E-state index is 12.0. The molecule has 132 valence electrons. The zero-order valence-corrected chi connectivity index (χ0v) is 14.2. The second-order valence-electron chi connectivity index (χ2n) is 5.46. The minimum atomic E-state index is -1.01. The van der Waals surface area contributed by atoms with Gasteiger partial charge >= 0.3 is 5.97 Å². The lowest BCUT2D eigenvalue weighted by Gasteiger charge is -2.11. The molecule has 0 unspecified atom stereocenters.